The molecular formula is C28H31FN6O2. The lowest BCUT2D eigenvalue weighted by Crippen LogP contribution is -2.52. The van der Waals surface area contributed by atoms with Crippen molar-refractivity contribution in [3.8, 4) is 11.4 Å². The number of rotatable bonds is 7. The summed E-state index contributed by atoms with van der Waals surface area (Å²) in [5.41, 5.74) is 3.85. The molecule has 1 amide bonds. The van der Waals surface area contributed by atoms with Crippen LogP contribution in [-0.4, -0.2) is 77.0 Å². The number of benzene rings is 2. The molecule has 0 spiro atoms. The van der Waals surface area contributed by atoms with E-state index in [0.29, 0.717) is 17.4 Å². The number of aliphatic imine (C=N–C) groups is 1. The maximum Gasteiger partial charge on any atom is 0.279 e. The minimum atomic E-state index is -0.294. The van der Waals surface area contributed by atoms with Crippen molar-refractivity contribution in [2.24, 2.45) is 4.99 Å². The van der Waals surface area contributed by atoms with Crippen molar-refractivity contribution in [1.82, 2.24) is 24.3 Å². The summed E-state index contributed by atoms with van der Waals surface area (Å²) in [5.74, 6) is 0.861. The standard InChI is InChI=1S/C28H31FN6O2/c1-19-17-34(18-30-19)25-10-5-20(16-26(25)37-4)15-23-27(36)35-24(21-6-8-22(29)9-7-21)11-12-33(28(35)31-23)14-13-32(2)3/h5-10,15-18,24H,11-14H2,1-4H3/b23-15-/t24-/m1/s1. The molecule has 2 aliphatic rings. The van der Waals surface area contributed by atoms with Gasteiger partial charge in [-0.3, -0.25) is 9.69 Å². The number of hydrogen-bond acceptors (Lipinski definition) is 6. The van der Waals surface area contributed by atoms with E-state index in [1.807, 2.05) is 50.0 Å². The van der Waals surface area contributed by atoms with E-state index < -0.39 is 0 Å². The number of nitrogens with zero attached hydrogens (tertiary/aromatic N) is 6. The van der Waals surface area contributed by atoms with Gasteiger partial charge in [0.25, 0.3) is 5.91 Å². The number of carbonyl (C=O) groups excluding carboxylic acids is 1. The third-order valence-electron chi connectivity index (χ3n) is 6.71. The zero-order chi connectivity index (χ0) is 26.1. The van der Waals surface area contributed by atoms with Gasteiger partial charge in [0.2, 0.25) is 5.96 Å². The van der Waals surface area contributed by atoms with Gasteiger partial charge in [0.05, 0.1) is 30.9 Å². The fourth-order valence-electron chi connectivity index (χ4n) is 4.77. The van der Waals surface area contributed by atoms with Crippen LogP contribution in [0.2, 0.25) is 0 Å². The number of fused-ring (bicyclic) bond motifs is 1. The molecule has 37 heavy (non-hydrogen) atoms. The van der Waals surface area contributed by atoms with Crippen LogP contribution in [-0.2, 0) is 4.79 Å². The van der Waals surface area contributed by atoms with Gasteiger partial charge in [0.15, 0.2) is 0 Å². The van der Waals surface area contributed by atoms with Gasteiger partial charge in [0.1, 0.15) is 17.3 Å². The Morgan fingerprint density at radius 2 is 1.97 bits per heavy atom. The van der Waals surface area contributed by atoms with Crippen molar-refractivity contribution in [3.05, 3.63) is 83.3 Å². The molecule has 0 unspecified atom stereocenters. The molecule has 0 N–H and O–H groups in total. The molecule has 1 saturated heterocycles. The molecule has 9 heteroatoms. The Labute approximate surface area is 216 Å². The summed E-state index contributed by atoms with van der Waals surface area (Å²) in [6.07, 6.45) is 6.21. The van der Waals surface area contributed by atoms with Crippen LogP contribution in [0.4, 0.5) is 4.39 Å². The number of aryl methyl sites for hydroxylation is 1. The van der Waals surface area contributed by atoms with Crippen molar-refractivity contribution >= 4 is 17.9 Å². The first-order valence-corrected chi connectivity index (χ1v) is 12.3. The van der Waals surface area contributed by atoms with E-state index in [2.05, 4.69) is 14.8 Å². The van der Waals surface area contributed by atoms with E-state index in [1.54, 1.807) is 36.5 Å². The average Bonchev–Trinajstić information content (AvgIpc) is 3.46. The van der Waals surface area contributed by atoms with Crippen LogP contribution in [0.1, 0.15) is 29.3 Å². The molecule has 5 rings (SSSR count). The molecule has 1 fully saturated rings. The predicted molar refractivity (Wildman–Crippen MR) is 141 cm³/mol. The van der Waals surface area contributed by atoms with Crippen LogP contribution >= 0.6 is 0 Å². The Hall–Kier alpha value is -3.98. The smallest absolute Gasteiger partial charge is 0.279 e. The van der Waals surface area contributed by atoms with E-state index in [-0.39, 0.29) is 17.8 Å². The van der Waals surface area contributed by atoms with Crippen LogP contribution in [0, 0.1) is 12.7 Å². The van der Waals surface area contributed by atoms with Crippen molar-refractivity contribution in [2.75, 3.05) is 40.8 Å². The molecule has 0 bridgehead atoms. The van der Waals surface area contributed by atoms with E-state index in [4.69, 9.17) is 9.73 Å². The molecule has 0 saturated carbocycles. The summed E-state index contributed by atoms with van der Waals surface area (Å²) < 4.78 is 21.1. The van der Waals surface area contributed by atoms with Crippen LogP contribution in [0.5, 0.6) is 5.75 Å². The molecule has 0 aliphatic carbocycles. The highest BCUT2D eigenvalue weighted by molar-refractivity contribution is 6.14. The Balaban J connectivity index is 1.49. The highest BCUT2D eigenvalue weighted by Crippen LogP contribution is 2.36. The van der Waals surface area contributed by atoms with E-state index in [0.717, 1.165) is 48.6 Å². The number of likely N-dealkylation sites (N-methyl/N-ethyl adjacent to an activating group) is 1. The van der Waals surface area contributed by atoms with Crippen molar-refractivity contribution in [1.29, 1.82) is 0 Å². The third-order valence-corrected chi connectivity index (χ3v) is 6.71. The number of guanidine groups is 1. The number of carbonyl (C=O) groups is 1. The molecule has 2 aromatic carbocycles. The highest BCUT2D eigenvalue weighted by Gasteiger charge is 2.42. The van der Waals surface area contributed by atoms with Crippen LogP contribution in [0.15, 0.2) is 65.7 Å². The average molecular weight is 503 g/mol. The number of amides is 1. The lowest BCUT2D eigenvalue weighted by molar-refractivity contribution is -0.125. The van der Waals surface area contributed by atoms with Gasteiger partial charge in [0, 0.05) is 25.8 Å². The largest absolute Gasteiger partial charge is 0.495 e. The summed E-state index contributed by atoms with van der Waals surface area (Å²) in [7, 11) is 5.67. The Bertz CT molecular complexity index is 1360. The molecular weight excluding hydrogens is 471 g/mol. The second-order valence-electron chi connectivity index (χ2n) is 9.62. The first-order chi connectivity index (χ1) is 17.8. The Morgan fingerprint density at radius 3 is 2.65 bits per heavy atom. The summed E-state index contributed by atoms with van der Waals surface area (Å²) in [5, 5.41) is 0. The normalized spacial score (nSPS) is 18.5. The number of ether oxygens (including phenoxy) is 1. The number of methoxy groups -OCH3 is 1. The van der Waals surface area contributed by atoms with Crippen molar-refractivity contribution in [2.45, 2.75) is 19.4 Å². The van der Waals surface area contributed by atoms with E-state index in [9.17, 15) is 9.18 Å². The minimum absolute atomic E-state index is 0.160. The van der Waals surface area contributed by atoms with E-state index in [1.165, 1.54) is 12.1 Å². The van der Waals surface area contributed by atoms with Crippen molar-refractivity contribution in [3.63, 3.8) is 0 Å². The highest BCUT2D eigenvalue weighted by atomic mass is 19.1. The fourth-order valence-corrected chi connectivity index (χ4v) is 4.77. The Morgan fingerprint density at radius 1 is 1.19 bits per heavy atom. The number of aromatic nitrogens is 2. The topological polar surface area (TPSA) is 66.2 Å². The van der Waals surface area contributed by atoms with Gasteiger partial charge >= 0.3 is 0 Å². The maximum absolute atomic E-state index is 13.7. The van der Waals surface area contributed by atoms with Gasteiger partial charge in [-0.1, -0.05) is 18.2 Å². The first kappa shape index (κ1) is 24.7. The SMILES string of the molecule is COc1cc(/C=C2\N=C3N(CCN(C)C)CC[C@H](c4ccc(F)cc4)N3C2=O)ccc1-n1cnc(C)c1. The summed E-state index contributed by atoms with van der Waals surface area (Å²) >= 11 is 0. The van der Waals surface area contributed by atoms with Gasteiger partial charge in [-0.25, -0.2) is 14.4 Å². The third kappa shape index (κ3) is 4.99. The molecule has 3 aromatic rings. The quantitative estimate of drug-likeness (QED) is 0.459. The van der Waals surface area contributed by atoms with Crippen LogP contribution in [0.25, 0.3) is 11.8 Å². The second-order valence-corrected chi connectivity index (χ2v) is 9.62. The monoisotopic (exact) mass is 502 g/mol. The summed E-state index contributed by atoms with van der Waals surface area (Å²) in [6, 6.07) is 12.0. The van der Waals surface area contributed by atoms with Gasteiger partial charge in [-0.2, -0.15) is 0 Å². The molecule has 3 heterocycles. The lowest BCUT2D eigenvalue weighted by Gasteiger charge is -2.40. The second kappa shape index (κ2) is 10.2. The van der Waals surface area contributed by atoms with Gasteiger partial charge in [-0.15, -0.1) is 0 Å². The Kier molecular flexibility index (Phi) is 6.80. The number of hydrogen-bond donors (Lipinski definition) is 0. The molecule has 1 atom stereocenters. The van der Waals surface area contributed by atoms with Gasteiger partial charge in [-0.05, 0) is 68.9 Å². The maximum atomic E-state index is 13.7. The predicted octanol–water partition coefficient (Wildman–Crippen LogP) is 3.88. The van der Waals surface area contributed by atoms with Crippen molar-refractivity contribution < 1.29 is 13.9 Å². The zero-order valence-electron chi connectivity index (χ0n) is 21.6. The minimum Gasteiger partial charge on any atom is -0.495 e. The zero-order valence-corrected chi connectivity index (χ0v) is 21.6. The molecule has 192 valence electrons. The van der Waals surface area contributed by atoms with Crippen LogP contribution < -0.4 is 4.74 Å². The number of imidazole rings is 1. The van der Waals surface area contributed by atoms with E-state index >= 15 is 0 Å². The van der Waals surface area contributed by atoms with Crippen LogP contribution in [0.3, 0.4) is 0 Å². The van der Waals surface area contributed by atoms with Gasteiger partial charge < -0.3 is 19.1 Å². The lowest BCUT2D eigenvalue weighted by atomic mass is 9.99. The molecule has 8 nitrogen and oxygen atoms in total. The summed E-state index contributed by atoms with van der Waals surface area (Å²) in [4.78, 5) is 28.8. The molecule has 1 aromatic heterocycles. The number of halogens is 1. The first-order valence-electron chi connectivity index (χ1n) is 12.3. The fraction of sp³-hybridized carbons (Fsp3) is 0.321. The summed E-state index contributed by atoms with van der Waals surface area (Å²) in [6.45, 7) is 4.29. The molecule has 2 aliphatic heterocycles. The molecule has 0 radical (unpaired) electrons.